The summed E-state index contributed by atoms with van der Waals surface area (Å²) in [6.07, 6.45) is 6.81. The van der Waals surface area contributed by atoms with Gasteiger partial charge in [0.1, 0.15) is 0 Å². The molecule has 1 saturated heterocycles. The fourth-order valence-corrected chi connectivity index (χ4v) is 3.16. The minimum atomic E-state index is -0.132. The molecule has 1 aromatic rings. The van der Waals surface area contributed by atoms with E-state index < -0.39 is 0 Å². The number of nitrogens with one attached hydrogen (secondary N) is 2. The van der Waals surface area contributed by atoms with Gasteiger partial charge in [-0.2, -0.15) is 0 Å². The first-order valence-corrected chi connectivity index (χ1v) is 9.09. The topological polar surface area (TPSA) is 61.4 Å². The number of likely N-dealkylation sites (tertiary alicyclic amines) is 1. The molecule has 2 aliphatic rings. The molecule has 1 aliphatic heterocycles. The third-order valence-electron chi connectivity index (χ3n) is 4.91. The smallest absolute Gasteiger partial charge is 0.241 e. The van der Waals surface area contributed by atoms with Gasteiger partial charge in [0.15, 0.2) is 0 Å². The summed E-state index contributed by atoms with van der Waals surface area (Å²) in [5.41, 5.74) is 1.47. The van der Waals surface area contributed by atoms with Gasteiger partial charge in [-0.1, -0.05) is 18.9 Å². The van der Waals surface area contributed by atoms with E-state index in [-0.39, 0.29) is 23.8 Å². The Labute approximate surface area is 143 Å². The summed E-state index contributed by atoms with van der Waals surface area (Å²) in [5, 5.41) is 5.90. The second kappa shape index (κ2) is 7.79. The van der Waals surface area contributed by atoms with Gasteiger partial charge >= 0.3 is 0 Å². The Hall–Kier alpha value is -1.88. The third kappa shape index (κ3) is 4.57. The number of hydrogen-bond donors (Lipinski definition) is 2. The summed E-state index contributed by atoms with van der Waals surface area (Å²) in [7, 11) is 0. The third-order valence-corrected chi connectivity index (χ3v) is 4.91. The highest BCUT2D eigenvalue weighted by Gasteiger charge is 2.29. The van der Waals surface area contributed by atoms with Crippen molar-refractivity contribution < 1.29 is 9.59 Å². The summed E-state index contributed by atoms with van der Waals surface area (Å²) < 4.78 is 0. The molecule has 24 heavy (non-hydrogen) atoms. The van der Waals surface area contributed by atoms with Crippen molar-refractivity contribution >= 4 is 23.2 Å². The van der Waals surface area contributed by atoms with Crippen LogP contribution in [-0.4, -0.2) is 35.8 Å². The van der Waals surface area contributed by atoms with Gasteiger partial charge in [0.25, 0.3) is 0 Å². The van der Waals surface area contributed by atoms with E-state index in [1.807, 2.05) is 31.2 Å². The highest BCUT2D eigenvalue weighted by atomic mass is 16.2. The molecular weight excluding hydrogens is 302 g/mol. The molecule has 1 saturated carbocycles. The van der Waals surface area contributed by atoms with Crippen LogP contribution in [0.5, 0.6) is 0 Å². The SMILES string of the molecule is C[C@@H](C(=O)Nc1cccc(NC(=O)C2CC2)c1)N1CCCCCC1. The first-order valence-electron chi connectivity index (χ1n) is 9.09. The summed E-state index contributed by atoms with van der Waals surface area (Å²) in [5.74, 6) is 0.269. The highest BCUT2D eigenvalue weighted by Crippen LogP contribution is 2.30. The number of amides is 2. The lowest BCUT2D eigenvalue weighted by Crippen LogP contribution is -2.42. The zero-order valence-electron chi connectivity index (χ0n) is 14.4. The lowest BCUT2D eigenvalue weighted by atomic mass is 10.2. The Bertz CT molecular complexity index is 590. The maximum Gasteiger partial charge on any atom is 0.241 e. The van der Waals surface area contributed by atoms with Crippen molar-refractivity contribution in [1.29, 1.82) is 0 Å². The van der Waals surface area contributed by atoms with E-state index in [9.17, 15) is 9.59 Å². The predicted molar refractivity (Wildman–Crippen MR) is 95.9 cm³/mol. The predicted octanol–water partition coefficient (Wildman–Crippen LogP) is 3.24. The van der Waals surface area contributed by atoms with Crippen molar-refractivity contribution in [3.8, 4) is 0 Å². The van der Waals surface area contributed by atoms with Crippen LogP contribution in [0.4, 0.5) is 11.4 Å². The molecular formula is C19H27N3O2. The van der Waals surface area contributed by atoms with Crippen molar-refractivity contribution in [3.05, 3.63) is 24.3 Å². The molecule has 5 nitrogen and oxygen atoms in total. The molecule has 2 N–H and O–H groups in total. The summed E-state index contributed by atoms with van der Waals surface area (Å²) in [6, 6.07) is 7.27. The number of hydrogen-bond acceptors (Lipinski definition) is 3. The Morgan fingerprint density at radius 2 is 1.67 bits per heavy atom. The number of anilines is 2. The molecule has 2 fully saturated rings. The van der Waals surface area contributed by atoms with Crippen LogP contribution in [0.25, 0.3) is 0 Å². The average Bonchev–Trinajstić information content (AvgIpc) is 3.41. The second-order valence-corrected chi connectivity index (χ2v) is 6.96. The van der Waals surface area contributed by atoms with E-state index in [2.05, 4.69) is 15.5 Å². The lowest BCUT2D eigenvalue weighted by molar-refractivity contribution is -0.120. The van der Waals surface area contributed by atoms with Gasteiger partial charge in [0.2, 0.25) is 11.8 Å². The van der Waals surface area contributed by atoms with Gasteiger partial charge in [-0.05, 0) is 63.9 Å². The Morgan fingerprint density at radius 3 is 2.29 bits per heavy atom. The monoisotopic (exact) mass is 329 g/mol. The molecule has 1 aromatic carbocycles. The van der Waals surface area contributed by atoms with Crippen LogP contribution >= 0.6 is 0 Å². The molecule has 3 rings (SSSR count). The Kier molecular flexibility index (Phi) is 5.51. The molecule has 0 unspecified atom stereocenters. The van der Waals surface area contributed by atoms with E-state index in [0.29, 0.717) is 0 Å². The fourth-order valence-electron chi connectivity index (χ4n) is 3.16. The first-order chi connectivity index (χ1) is 11.6. The molecule has 1 aliphatic carbocycles. The largest absolute Gasteiger partial charge is 0.326 e. The van der Waals surface area contributed by atoms with Gasteiger partial charge in [0.05, 0.1) is 6.04 Å². The molecule has 1 atom stereocenters. The van der Waals surface area contributed by atoms with Gasteiger partial charge in [-0.25, -0.2) is 0 Å². The zero-order valence-corrected chi connectivity index (χ0v) is 14.4. The van der Waals surface area contributed by atoms with E-state index in [1.54, 1.807) is 0 Å². The molecule has 5 heteroatoms. The lowest BCUT2D eigenvalue weighted by Gasteiger charge is -2.26. The van der Waals surface area contributed by atoms with Crippen LogP contribution in [0, 0.1) is 5.92 Å². The van der Waals surface area contributed by atoms with Crippen molar-refractivity contribution in [2.24, 2.45) is 5.92 Å². The van der Waals surface area contributed by atoms with Gasteiger partial charge < -0.3 is 10.6 Å². The quantitative estimate of drug-likeness (QED) is 0.872. The van der Waals surface area contributed by atoms with Crippen molar-refractivity contribution in [2.45, 2.75) is 51.5 Å². The van der Waals surface area contributed by atoms with Gasteiger partial charge in [-0.3, -0.25) is 14.5 Å². The Morgan fingerprint density at radius 1 is 1.04 bits per heavy atom. The van der Waals surface area contributed by atoms with Crippen LogP contribution in [0.2, 0.25) is 0 Å². The molecule has 0 radical (unpaired) electrons. The molecule has 2 amide bonds. The maximum absolute atomic E-state index is 12.5. The van der Waals surface area contributed by atoms with Crippen molar-refractivity contribution in [2.75, 3.05) is 23.7 Å². The molecule has 0 bridgehead atoms. The van der Waals surface area contributed by atoms with Crippen LogP contribution in [0.1, 0.15) is 45.4 Å². The van der Waals surface area contributed by atoms with Crippen LogP contribution in [0.3, 0.4) is 0 Å². The van der Waals surface area contributed by atoms with E-state index >= 15 is 0 Å². The summed E-state index contributed by atoms with van der Waals surface area (Å²) in [6.45, 7) is 3.96. The van der Waals surface area contributed by atoms with Crippen LogP contribution in [0.15, 0.2) is 24.3 Å². The number of rotatable bonds is 5. The van der Waals surface area contributed by atoms with Gasteiger partial charge in [0, 0.05) is 17.3 Å². The summed E-state index contributed by atoms with van der Waals surface area (Å²) >= 11 is 0. The zero-order chi connectivity index (χ0) is 16.9. The summed E-state index contributed by atoms with van der Waals surface area (Å²) in [4.78, 5) is 26.7. The number of benzene rings is 1. The number of carbonyl (C=O) groups is 2. The Balaban J connectivity index is 1.57. The molecule has 0 spiro atoms. The van der Waals surface area contributed by atoms with Crippen LogP contribution < -0.4 is 10.6 Å². The van der Waals surface area contributed by atoms with Crippen molar-refractivity contribution in [1.82, 2.24) is 4.90 Å². The second-order valence-electron chi connectivity index (χ2n) is 6.96. The van der Waals surface area contributed by atoms with Gasteiger partial charge in [-0.15, -0.1) is 0 Å². The fraction of sp³-hybridized carbons (Fsp3) is 0.579. The minimum absolute atomic E-state index is 0.0163. The molecule has 1 heterocycles. The standard InChI is InChI=1S/C19H27N3O2/c1-14(22-11-4-2-3-5-12-22)18(23)20-16-7-6-8-17(13-16)21-19(24)15-9-10-15/h6-8,13-15H,2-5,9-12H2,1H3,(H,20,23)(H,21,24)/t14-/m0/s1. The highest BCUT2D eigenvalue weighted by molar-refractivity contribution is 5.97. The molecule has 130 valence electrons. The van der Waals surface area contributed by atoms with Crippen LogP contribution in [-0.2, 0) is 9.59 Å². The normalized spacial score (nSPS) is 20.0. The molecule has 0 aromatic heterocycles. The average molecular weight is 329 g/mol. The van der Waals surface area contributed by atoms with E-state index in [4.69, 9.17) is 0 Å². The first kappa shape index (κ1) is 17.0. The maximum atomic E-state index is 12.5. The number of nitrogens with zero attached hydrogens (tertiary/aromatic N) is 1. The van der Waals surface area contributed by atoms with E-state index in [0.717, 1.165) is 37.3 Å². The van der Waals surface area contributed by atoms with Crippen molar-refractivity contribution in [3.63, 3.8) is 0 Å². The minimum Gasteiger partial charge on any atom is -0.326 e. The number of carbonyl (C=O) groups excluding carboxylic acids is 2. The van der Waals surface area contributed by atoms with E-state index in [1.165, 1.54) is 25.7 Å².